The number of nitrogens with zero attached hydrogens (tertiary/aromatic N) is 3. The quantitative estimate of drug-likeness (QED) is 0.784. The summed E-state index contributed by atoms with van der Waals surface area (Å²) in [6.45, 7) is 0.868. The van der Waals surface area contributed by atoms with Crippen molar-refractivity contribution < 1.29 is 4.79 Å². The van der Waals surface area contributed by atoms with E-state index in [2.05, 4.69) is 40.8 Å². The number of carbonyl (C=O) groups is 1. The molecule has 24 heavy (non-hydrogen) atoms. The van der Waals surface area contributed by atoms with Crippen LogP contribution in [0.3, 0.4) is 0 Å². The van der Waals surface area contributed by atoms with Gasteiger partial charge in [0.25, 0.3) is 0 Å². The lowest BCUT2D eigenvalue weighted by atomic mass is 9.91. The maximum atomic E-state index is 13.1. The molecular formula is C20H25N3O. The van der Waals surface area contributed by atoms with E-state index in [1.807, 2.05) is 12.1 Å². The average Bonchev–Trinajstić information content (AvgIpc) is 2.99. The molecule has 2 atom stereocenters. The van der Waals surface area contributed by atoms with Gasteiger partial charge in [0.15, 0.2) is 0 Å². The largest absolute Gasteiger partial charge is 0.332 e. The van der Waals surface area contributed by atoms with Gasteiger partial charge in [-0.25, -0.2) is 4.98 Å². The van der Waals surface area contributed by atoms with Gasteiger partial charge in [0.05, 0.1) is 17.1 Å². The fourth-order valence-corrected chi connectivity index (χ4v) is 4.18. The SMILES string of the molecule is Cn1c([C@@H]2CCCCN2C(=O)[C@@H]2CC=CCC2)nc2ccccc21. The first kappa shape index (κ1) is 15.4. The van der Waals surface area contributed by atoms with Crippen molar-refractivity contribution in [1.29, 1.82) is 0 Å². The van der Waals surface area contributed by atoms with E-state index >= 15 is 0 Å². The van der Waals surface area contributed by atoms with Gasteiger partial charge in [-0.2, -0.15) is 0 Å². The van der Waals surface area contributed by atoms with Crippen molar-refractivity contribution in [2.45, 2.75) is 44.6 Å². The van der Waals surface area contributed by atoms with E-state index in [-0.39, 0.29) is 12.0 Å². The number of aryl methyl sites for hydroxylation is 1. The summed E-state index contributed by atoms with van der Waals surface area (Å²) in [6, 6.07) is 8.35. The van der Waals surface area contributed by atoms with Crippen LogP contribution in [0, 0.1) is 5.92 Å². The first-order chi connectivity index (χ1) is 11.8. The summed E-state index contributed by atoms with van der Waals surface area (Å²) < 4.78 is 2.17. The van der Waals surface area contributed by atoms with Gasteiger partial charge < -0.3 is 9.47 Å². The van der Waals surface area contributed by atoms with E-state index in [4.69, 9.17) is 4.98 Å². The van der Waals surface area contributed by atoms with Crippen LogP contribution in [-0.4, -0.2) is 26.9 Å². The smallest absolute Gasteiger partial charge is 0.226 e. The molecule has 1 amide bonds. The lowest BCUT2D eigenvalue weighted by molar-refractivity contribution is -0.140. The highest BCUT2D eigenvalue weighted by atomic mass is 16.2. The number of hydrogen-bond acceptors (Lipinski definition) is 2. The van der Waals surface area contributed by atoms with Crippen LogP contribution < -0.4 is 0 Å². The number of para-hydroxylation sites is 2. The number of fused-ring (bicyclic) bond motifs is 1. The number of aromatic nitrogens is 2. The predicted octanol–water partition coefficient (Wildman–Crippen LogP) is 3.98. The van der Waals surface area contributed by atoms with E-state index in [9.17, 15) is 4.79 Å². The van der Waals surface area contributed by atoms with Crippen molar-refractivity contribution >= 4 is 16.9 Å². The standard InChI is InChI=1S/C20H25N3O/c1-22-17-12-6-5-11-16(17)21-19(22)18-13-7-8-14-23(18)20(24)15-9-3-2-4-10-15/h2-3,5-6,11-12,15,18H,4,7-10,13-14H2,1H3/t15-,18+/m1/s1. The second-order valence-corrected chi connectivity index (χ2v) is 7.04. The van der Waals surface area contributed by atoms with Gasteiger partial charge in [-0.05, 0) is 50.7 Å². The number of likely N-dealkylation sites (tertiary alicyclic amines) is 1. The lowest BCUT2D eigenvalue weighted by Gasteiger charge is -2.37. The molecule has 1 aliphatic heterocycles. The highest BCUT2D eigenvalue weighted by Crippen LogP contribution is 2.34. The molecule has 1 aromatic heterocycles. The Bertz CT molecular complexity index is 776. The van der Waals surface area contributed by atoms with Gasteiger partial charge in [-0.3, -0.25) is 4.79 Å². The molecule has 0 radical (unpaired) electrons. The molecule has 0 bridgehead atoms. The van der Waals surface area contributed by atoms with E-state index in [1.165, 1.54) is 6.42 Å². The highest BCUT2D eigenvalue weighted by molar-refractivity contribution is 5.80. The molecule has 0 unspecified atom stereocenters. The van der Waals surface area contributed by atoms with Gasteiger partial charge in [0.2, 0.25) is 5.91 Å². The third-order valence-corrected chi connectivity index (χ3v) is 5.52. The Morgan fingerprint density at radius 1 is 1.17 bits per heavy atom. The number of imidazole rings is 1. The van der Waals surface area contributed by atoms with Gasteiger partial charge >= 0.3 is 0 Å². The Morgan fingerprint density at radius 3 is 2.83 bits per heavy atom. The Balaban J connectivity index is 1.67. The number of carbonyl (C=O) groups excluding carboxylic acids is 1. The molecule has 0 saturated carbocycles. The third kappa shape index (κ3) is 2.64. The number of amides is 1. The number of piperidine rings is 1. The molecule has 1 saturated heterocycles. The van der Waals surface area contributed by atoms with Crippen molar-refractivity contribution in [3.63, 3.8) is 0 Å². The van der Waals surface area contributed by atoms with Crippen LogP contribution >= 0.6 is 0 Å². The summed E-state index contributed by atoms with van der Waals surface area (Å²) in [6.07, 6.45) is 10.6. The van der Waals surface area contributed by atoms with Crippen molar-refractivity contribution in [1.82, 2.24) is 14.5 Å². The van der Waals surface area contributed by atoms with Crippen LogP contribution in [0.15, 0.2) is 36.4 Å². The predicted molar refractivity (Wildman–Crippen MR) is 95.5 cm³/mol. The maximum absolute atomic E-state index is 13.1. The number of hydrogen-bond donors (Lipinski definition) is 0. The monoisotopic (exact) mass is 323 g/mol. The van der Waals surface area contributed by atoms with E-state index in [1.54, 1.807) is 0 Å². The lowest BCUT2D eigenvalue weighted by Crippen LogP contribution is -2.43. The number of allylic oxidation sites excluding steroid dienone is 2. The zero-order valence-electron chi connectivity index (χ0n) is 14.3. The number of benzene rings is 1. The third-order valence-electron chi connectivity index (χ3n) is 5.52. The fourth-order valence-electron chi connectivity index (χ4n) is 4.18. The van der Waals surface area contributed by atoms with Crippen molar-refractivity contribution in [3.05, 3.63) is 42.2 Å². The van der Waals surface area contributed by atoms with Crippen molar-refractivity contribution in [2.24, 2.45) is 13.0 Å². The summed E-state index contributed by atoms with van der Waals surface area (Å²) in [5.74, 6) is 1.52. The maximum Gasteiger partial charge on any atom is 0.226 e. The average molecular weight is 323 g/mol. The van der Waals surface area contributed by atoms with Crippen LogP contribution in [0.2, 0.25) is 0 Å². The molecule has 4 nitrogen and oxygen atoms in total. The molecule has 2 aromatic rings. The van der Waals surface area contributed by atoms with Crippen LogP contribution in [-0.2, 0) is 11.8 Å². The van der Waals surface area contributed by atoms with E-state index in [0.717, 1.165) is 55.5 Å². The normalized spacial score (nSPS) is 24.5. The fraction of sp³-hybridized carbons (Fsp3) is 0.500. The topological polar surface area (TPSA) is 38.1 Å². The molecule has 1 aromatic carbocycles. The summed E-state index contributed by atoms with van der Waals surface area (Å²) in [7, 11) is 2.07. The molecule has 1 aliphatic carbocycles. The minimum Gasteiger partial charge on any atom is -0.332 e. The summed E-state index contributed by atoms with van der Waals surface area (Å²) in [5.41, 5.74) is 2.17. The Kier molecular flexibility index (Phi) is 4.13. The van der Waals surface area contributed by atoms with Crippen molar-refractivity contribution in [2.75, 3.05) is 6.54 Å². The molecule has 0 spiro atoms. The van der Waals surface area contributed by atoms with Crippen LogP contribution in [0.1, 0.15) is 50.4 Å². The first-order valence-electron chi connectivity index (χ1n) is 9.12. The molecule has 0 N–H and O–H groups in total. The van der Waals surface area contributed by atoms with Crippen molar-refractivity contribution in [3.8, 4) is 0 Å². The summed E-state index contributed by atoms with van der Waals surface area (Å²) in [4.78, 5) is 20.1. The van der Waals surface area contributed by atoms with Crippen LogP contribution in [0.4, 0.5) is 0 Å². The van der Waals surface area contributed by atoms with E-state index < -0.39 is 0 Å². The first-order valence-corrected chi connectivity index (χ1v) is 9.12. The highest BCUT2D eigenvalue weighted by Gasteiger charge is 2.34. The molecule has 2 aliphatic rings. The Hall–Kier alpha value is -2.10. The van der Waals surface area contributed by atoms with Gasteiger partial charge in [-0.15, -0.1) is 0 Å². The minimum atomic E-state index is 0.120. The number of rotatable bonds is 2. The zero-order valence-corrected chi connectivity index (χ0v) is 14.3. The summed E-state index contributed by atoms with van der Waals surface area (Å²) in [5, 5.41) is 0. The molecule has 4 rings (SSSR count). The van der Waals surface area contributed by atoms with Gasteiger partial charge in [0.1, 0.15) is 5.82 Å². The second-order valence-electron chi connectivity index (χ2n) is 7.04. The Morgan fingerprint density at radius 2 is 2.04 bits per heavy atom. The Labute approximate surface area is 143 Å². The van der Waals surface area contributed by atoms with Crippen LogP contribution in [0.5, 0.6) is 0 Å². The molecular weight excluding hydrogens is 298 g/mol. The summed E-state index contributed by atoms with van der Waals surface area (Å²) >= 11 is 0. The molecule has 4 heteroatoms. The van der Waals surface area contributed by atoms with Crippen LogP contribution in [0.25, 0.3) is 11.0 Å². The molecule has 2 heterocycles. The molecule has 1 fully saturated rings. The second kappa shape index (κ2) is 6.42. The van der Waals surface area contributed by atoms with Gasteiger partial charge in [0, 0.05) is 19.5 Å². The molecule has 126 valence electrons. The van der Waals surface area contributed by atoms with E-state index in [0.29, 0.717) is 5.91 Å². The zero-order chi connectivity index (χ0) is 16.5. The minimum absolute atomic E-state index is 0.120. The van der Waals surface area contributed by atoms with Gasteiger partial charge in [-0.1, -0.05) is 24.3 Å².